The van der Waals surface area contributed by atoms with Crippen LogP contribution in [0.25, 0.3) is 31.9 Å². The first-order valence-corrected chi connectivity index (χ1v) is 23.1. The Hall–Kier alpha value is -6.30. The number of hydrogen-bond acceptors (Lipinski definition) is 13. The number of aryl methyl sites for hydroxylation is 1. The molecule has 0 aliphatic carbocycles. The van der Waals surface area contributed by atoms with Crippen molar-refractivity contribution in [3.05, 3.63) is 115 Å². The van der Waals surface area contributed by atoms with E-state index >= 15 is 0 Å². The Morgan fingerprint density at radius 2 is 1.52 bits per heavy atom. The van der Waals surface area contributed by atoms with Crippen molar-refractivity contribution in [2.24, 2.45) is 5.41 Å². The van der Waals surface area contributed by atoms with E-state index in [0.717, 1.165) is 43.1 Å². The molecule has 0 radical (unpaired) electrons. The number of aromatic hydroxyl groups is 1. The molecule has 16 heteroatoms. The number of benzene rings is 4. The summed E-state index contributed by atoms with van der Waals surface area (Å²) >= 11 is 1.57. The summed E-state index contributed by atoms with van der Waals surface area (Å²) in [6.07, 6.45) is 0.580. The maximum absolute atomic E-state index is 14.0. The van der Waals surface area contributed by atoms with Gasteiger partial charge in [0.1, 0.15) is 42.5 Å². The second-order valence-corrected chi connectivity index (χ2v) is 18.4. The third-order valence-electron chi connectivity index (χ3n) is 11.2. The zero-order chi connectivity index (χ0) is 47.5. The number of carbonyl (C=O) groups is 3. The normalized spacial score (nSPS) is 15.9. The minimum absolute atomic E-state index is 0.0343. The van der Waals surface area contributed by atoms with Gasteiger partial charge in [-0.25, -0.2) is 4.98 Å². The molecule has 2 aromatic heterocycles. The van der Waals surface area contributed by atoms with Crippen molar-refractivity contribution in [3.8, 4) is 44.8 Å². The summed E-state index contributed by atoms with van der Waals surface area (Å²) in [5.41, 5.74) is 2.80. The molecule has 4 aromatic carbocycles. The average Bonchev–Trinajstić information content (AvgIpc) is 4.03. The second-order valence-electron chi connectivity index (χ2n) is 17.4. The van der Waals surface area contributed by atoms with E-state index < -0.39 is 41.3 Å². The molecule has 67 heavy (non-hydrogen) atoms. The summed E-state index contributed by atoms with van der Waals surface area (Å²) in [5.74, 6) is 1.58. The Balaban J connectivity index is 0.777. The van der Waals surface area contributed by atoms with Gasteiger partial charge in [0.05, 0.1) is 55.8 Å². The number of aliphatic hydroxyl groups excluding tert-OH is 1. The van der Waals surface area contributed by atoms with Crippen molar-refractivity contribution in [3.63, 3.8) is 0 Å². The molecule has 3 heterocycles. The predicted octanol–water partition coefficient (Wildman–Crippen LogP) is 7.83. The Morgan fingerprint density at radius 1 is 0.851 bits per heavy atom. The van der Waals surface area contributed by atoms with Crippen LogP contribution in [-0.2, 0) is 28.6 Å². The fourth-order valence-electron chi connectivity index (χ4n) is 7.71. The van der Waals surface area contributed by atoms with E-state index in [4.69, 9.17) is 28.1 Å². The molecule has 0 bridgehead atoms. The highest BCUT2D eigenvalue weighted by molar-refractivity contribution is 7.22. The van der Waals surface area contributed by atoms with E-state index in [9.17, 15) is 24.6 Å². The molecule has 1 aliphatic rings. The van der Waals surface area contributed by atoms with Gasteiger partial charge in [0.2, 0.25) is 17.7 Å². The van der Waals surface area contributed by atoms with Crippen LogP contribution in [0.15, 0.2) is 108 Å². The van der Waals surface area contributed by atoms with E-state index in [1.54, 1.807) is 23.5 Å². The number of aliphatic hydroxyl groups is 1. The van der Waals surface area contributed by atoms with E-state index in [1.165, 1.54) is 11.3 Å². The van der Waals surface area contributed by atoms with Crippen LogP contribution in [0.4, 0.5) is 0 Å². The van der Waals surface area contributed by atoms with Gasteiger partial charge in [-0.05, 0) is 72.9 Å². The number of carbonyl (C=O) groups excluding carboxylic acids is 3. The molecule has 0 unspecified atom stereocenters. The summed E-state index contributed by atoms with van der Waals surface area (Å²) in [6, 6.07) is 27.9. The second kappa shape index (κ2) is 22.5. The maximum Gasteiger partial charge on any atom is 0.246 e. The molecule has 1 saturated heterocycles. The molecule has 6 aromatic rings. The summed E-state index contributed by atoms with van der Waals surface area (Å²) in [4.78, 5) is 47.1. The van der Waals surface area contributed by atoms with Crippen molar-refractivity contribution in [1.82, 2.24) is 20.5 Å². The lowest BCUT2D eigenvalue weighted by Gasteiger charge is -2.35. The van der Waals surface area contributed by atoms with E-state index in [2.05, 4.69) is 15.6 Å². The minimum atomic E-state index is -0.983. The van der Waals surface area contributed by atoms with Crippen LogP contribution in [0.3, 0.4) is 0 Å². The topological polar surface area (TPSA) is 191 Å². The third-order valence-corrected chi connectivity index (χ3v) is 12.4. The lowest BCUT2D eigenvalue weighted by molar-refractivity contribution is -0.144. The van der Waals surface area contributed by atoms with Gasteiger partial charge in [-0.3, -0.25) is 14.4 Å². The SMILES string of the molecule is Cc1ncoc1-c1ccc([C@H](C)NC(=O)[C@@H]2C[C@@H](O)CN2C(=O)[C@@H](NC(=O)COCCOCCOCCOc2ccc(Oc3c(-c4ccccc4)sc4cc(O)ccc34)cc2)C(C)(C)C)cc1. The lowest BCUT2D eigenvalue weighted by Crippen LogP contribution is -2.58. The molecule has 3 amide bonds. The van der Waals surface area contributed by atoms with E-state index in [0.29, 0.717) is 43.7 Å². The number of phenolic OH excluding ortho intramolecular Hbond substituents is 1. The number of hydrogen-bond donors (Lipinski definition) is 4. The predicted molar refractivity (Wildman–Crippen MR) is 254 cm³/mol. The number of fused-ring (bicyclic) bond motifs is 1. The number of thiophene rings is 1. The molecule has 1 aliphatic heterocycles. The highest BCUT2D eigenvalue weighted by Gasteiger charge is 2.44. The Bertz CT molecular complexity index is 2570. The molecule has 4 N–H and O–H groups in total. The average molecular weight is 935 g/mol. The fraction of sp³-hybridized carbons (Fsp3) is 0.373. The third kappa shape index (κ3) is 12.8. The summed E-state index contributed by atoms with van der Waals surface area (Å²) in [6.45, 7) is 10.6. The van der Waals surface area contributed by atoms with Gasteiger partial charge in [0, 0.05) is 28.6 Å². The quantitative estimate of drug-likeness (QED) is 0.0513. The van der Waals surface area contributed by atoms with Crippen molar-refractivity contribution < 1.29 is 52.7 Å². The Kier molecular flexibility index (Phi) is 16.3. The molecule has 0 spiro atoms. The van der Waals surface area contributed by atoms with E-state index in [1.807, 2.05) is 120 Å². The molecule has 354 valence electrons. The van der Waals surface area contributed by atoms with Gasteiger partial charge < -0.3 is 53.8 Å². The van der Waals surface area contributed by atoms with Crippen LogP contribution in [0.5, 0.6) is 23.0 Å². The molecular weight excluding hydrogens is 877 g/mol. The first-order chi connectivity index (χ1) is 32.2. The molecule has 7 rings (SSSR count). The summed E-state index contributed by atoms with van der Waals surface area (Å²) in [5, 5.41) is 27.4. The monoisotopic (exact) mass is 934 g/mol. The first-order valence-electron chi connectivity index (χ1n) is 22.3. The standard InChI is InChI=1S/C51H58N4O11S/c1-32(34-11-13-35(14-12-34)45-33(2)52-31-65-45)53-49(59)42-27-38(57)29-55(42)50(60)48(51(3,4)5)54-44(58)30-63-24-23-61-21-22-62-25-26-64-39-16-18-40(19-17-39)66-46-41-20-15-37(56)28-43(41)67-47(46)36-9-7-6-8-10-36/h6-20,28,31-32,38,42,48,56-57H,21-27,29-30H2,1-5H3,(H,53,59)(H,54,58)/t32-,38+,42-,48+/m0/s1. The number of likely N-dealkylation sites (tertiary alicyclic amines) is 1. The molecular formula is C51H58N4O11S. The van der Waals surface area contributed by atoms with Crippen LogP contribution < -0.4 is 20.1 Å². The number of aromatic nitrogens is 1. The highest BCUT2D eigenvalue weighted by Crippen LogP contribution is 2.47. The van der Waals surface area contributed by atoms with Crippen LogP contribution in [0, 0.1) is 12.3 Å². The minimum Gasteiger partial charge on any atom is -0.508 e. The number of amides is 3. The van der Waals surface area contributed by atoms with Crippen LogP contribution in [-0.4, -0.2) is 109 Å². The van der Waals surface area contributed by atoms with Gasteiger partial charge in [-0.15, -0.1) is 11.3 Å². The zero-order valence-electron chi connectivity index (χ0n) is 38.4. The van der Waals surface area contributed by atoms with Gasteiger partial charge in [0.15, 0.2) is 17.9 Å². The largest absolute Gasteiger partial charge is 0.508 e. The first kappa shape index (κ1) is 48.6. The molecule has 4 atom stereocenters. The molecule has 15 nitrogen and oxygen atoms in total. The zero-order valence-corrected chi connectivity index (χ0v) is 39.2. The molecule has 1 fully saturated rings. The van der Waals surface area contributed by atoms with Gasteiger partial charge >= 0.3 is 0 Å². The van der Waals surface area contributed by atoms with Gasteiger partial charge in [-0.2, -0.15) is 0 Å². The Morgan fingerprint density at radius 3 is 2.19 bits per heavy atom. The lowest BCUT2D eigenvalue weighted by atomic mass is 9.85. The van der Waals surface area contributed by atoms with Crippen LogP contribution >= 0.6 is 11.3 Å². The summed E-state index contributed by atoms with van der Waals surface area (Å²) in [7, 11) is 0. The van der Waals surface area contributed by atoms with Crippen LogP contribution in [0.1, 0.15) is 51.4 Å². The number of β-amino-alcohol motifs (C(OH)–C–C–N with tert-alkyl or cyclic N) is 1. The fourth-order valence-corrected chi connectivity index (χ4v) is 8.87. The smallest absolute Gasteiger partial charge is 0.246 e. The van der Waals surface area contributed by atoms with Gasteiger partial charge in [-0.1, -0.05) is 75.4 Å². The van der Waals surface area contributed by atoms with Crippen molar-refractivity contribution in [1.29, 1.82) is 0 Å². The van der Waals surface area contributed by atoms with Crippen molar-refractivity contribution >= 4 is 39.1 Å². The number of nitrogens with one attached hydrogen (secondary N) is 2. The van der Waals surface area contributed by atoms with Crippen molar-refractivity contribution in [2.75, 3.05) is 52.8 Å². The van der Waals surface area contributed by atoms with Gasteiger partial charge in [0.25, 0.3) is 0 Å². The number of phenols is 1. The van der Waals surface area contributed by atoms with E-state index in [-0.39, 0.29) is 44.6 Å². The Labute approximate surface area is 394 Å². The summed E-state index contributed by atoms with van der Waals surface area (Å²) < 4.78 is 35.4. The number of nitrogens with zero attached hydrogens (tertiary/aromatic N) is 2. The number of oxazole rings is 1. The number of ether oxygens (including phenoxy) is 5. The number of rotatable bonds is 21. The highest BCUT2D eigenvalue weighted by atomic mass is 32.1. The maximum atomic E-state index is 14.0. The molecule has 0 saturated carbocycles. The van der Waals surface area contributed by atoms with Crippen molar-refractivity contribution in [2.45, 2.75) is 65.3 Å². The van der Waals surface area contributed by atoms with Crippen LogP contribution in [0.2, 0.25) is 0 Å².